The summed E-state index contributed by atoms with van der Waals surface area (Å²) in [5.41, 5.74) is 0.423. The summed E-state index contributed by atoms with van der Waals surface area (Å²) in [4.78, 5) is 16.0. The topological polar surface area (TPSA) is 87.0 Å². The van der Waals surface area contributed by atoms with Crippen molar-refractivity contribution >= 4 is 21.4 Å². The first-order chi connectivity index (χ1) is 14.4. The second-order valence-corrected chi connectivity index (χ2v) is 10.8. The number of piperidine rings is 2. The number of nitro benzene ring substituents is 1. The number of likely N-dealkylation sites (tertiary alicyclic amines) is 1. The van der Waals surface area contributed by atoms with Gasteiger partial charge in [0.25, 0.3) is 5.69 Å². The lowest BCUT2D eigenvalue weighted by Crippen LogP contribution is -2.46. The quantitative estimate of drug-likeness (QED) is 0.520. The molecule has 0 bridgehead atoms. The van der Waals surface area contributed by atoms with Crippen molar-refractivity contribution in [3.05, 3.63) is 28.3 Å². The molecule has 3 saturated heterocycles. The third kappa shape index (κ3) is 4.20. The molecule has 3 aliphatic rings. The number of hydrogen-bond donors (Lipinski definition) is 0. The minimum Gasteiger partial charge on any atom is -0.366 e. The number of sulfonamides is 1. The van der Waals surface area contributed by atoms with E-state index in [-0.39, 0.29) is 10.6 Å². The average Bonchev–Trinajstić information content (AvgIpc) is 3.20. The molecule has 0 spiro atoms. The zero-order valence-corrected chi connectivity index (χ0v) is 18.5. The zero-order chi connectivity index (χ0) is 21.3. The third-order valence-electron chi connectivity index (χ3n) is 6.97. The van der Waals surface area contributed by atoms with Crippen LogP contribution in [-0.2, 0) is 10.0 Å². The molecule has 1 aromatic carbocycles. The lowest BCUT2D eigenvalue weighted by molar-refractivity contribution is -0.384. The number of hydrogen-bond acceptors (Lipinski definition) is 6. The second kappa shape index (κ2) is 8.80. The van der Waals surface area contributed by atoms with E-state index in [1.807, 2.05) is 4.90 Å². The number of nitrogens with zero attached hydrogens (tertiary/aromatic N) is 4. The van der Waals surface area contributed by atoms with Crippen molar-refractivity contribution in [2.75, 3.05) is 37.6 Å². The number of rotatable bonds is 5. The smallest absolute Gasteiger partial charge is 0.293 e. The maximum absolute atomic E-state index is 13.0. The van der Waals surface area contributed by atoms with E-state index in [9.17, 15) is 18.5 Å². The fourth-order valence-corrected chi connectivity index (χ4v) is 6.81. The lowest BCUT2D eigenvalue weighted by Gasteiger charge is -2.39. The standard InChI is InChI=1S/C21H32N4O4S/c1-17-6-5-13-24(17)18-9-14-22(15-10-18)20-8-7-19(16-21(20)25(26)27)30(28,29)23-11-3-2-4-12-23/h7-8,16-18H,2-6,9-15H2,1H3. The van der Waals surface area contributed by atoms with Crippen molar-refractivity contribution < 1.29 is 13.3 Å². The van der Waals surface area contributed by atoms with Crippen molar-refractivity contribution in [2.24, 2.45) is 0 Å². The van der Waals surface area contributed by atoms with Crippen LogP contribution in [0.3, 0.4) is 0 Å². The van der Waals surface area contributed by atoms with Crippen LogP contribution in [-0.4, -0.2) is 67.4 Å². The van der Waals surface area contributed by atoms with Crippen molar-refractivity contribution in [1.29, 1.82) is 0 Å². The van der Waals surface area contributed by atoms with Crippen LogP contribution < -0.4 is 4.90 Å². The number of nitro groups is 1. The highest BCUT2D eigenvalue weighted by atomic mass is 32.2. The normalized spacial score (nSPS) is 25.0. The highest BCUT2D eigenvalue weighted by Gasteiger charge is 2.33. The van der Waals surface area contributed by atoms with E-state index in [2.05, 4.69) is 11.8 Å². The minimum atomic E-state index is -3.69. The van der Waals surface area contributed by atoms with Crippen molar-refractivity contribution in [2.45, 2.75) is 68.8 Å². The number of benzene rings is 1. The Morgan fingerprint density at radius 2 is 1.67 bits per heavy atom. The fraction of sp³-hybridized carbons (Fsp3) is 0.714. The molecule has 0 aliphatic carbocycles. The summed E-state index contributed by atoms with van der Waals surface area (Å²) in [5.74, 6) is 0. The highest BCUT2D eigenvalue weighted by Crippen LogP contribution is 2.35. The van der Waals surface area contributed by atoms with Gasteiger partial charge in [0.1, 0.15) is 5.69 Å². The predicted molar refractivity (Wildman–Crippen MR) is 116 cm³/mol. The van der Waals surface area contributed by atoms with Gasteiger partial charge in [-0.1, -0.05) is 6.42 Å². The van der Waals surface area contributed by atoms with E-state index >= 15 is 0 Å². The second-order valence-electron chi connectivity index (χ2n) is 8.82. The van der Waals surface area contributed by atoms with Gasteiger partial charge in [0.15, 0.2) is 0 Å². The van der Waals surface area contributed by atoms with Crippen molar-refractivity contribution in [3.63, 3.8) is 0 Å². The first-order valence-corrected chi connectivity index (χ1v) is 12.6. The SMILES string of the molecule is CC1CCCN1C1CCN(c2ccc(S(=O)(=O)N3CCCCC3)cc2[N+](=O)[O-])CC1. The molecule has 0 amide bonds. The third-order valence-corrected chi connectivity index (χ3v) is 8.87. The van der Waals surface area contributed by atoms with Gasteiger partial charge in [-0.05, 0) is 64.1 Å². The van der Waals surface area contributed by atoms with Crippen LogP contribution in [0.1, 0.15) is 51.9 Å². The van der Waals surface area contributed by atoms with Gasteiger partial charge in [-0.25, -0.2) is 8.42 Å². The van der Waals surface area contributed by atoms with Crippen LogP contribution in [0.4, 0.5) is 11.4 Å². The van der Waals surface area contributed by atoms with Crippen LogP contribution in [0.25, 0.3) is 0 Å². The molecular formula is C21H32N4O4S. The molecule has 0 aromatic heterocycles. The molecule has 3 heterocycles. The molecule has 9 heteroatoms. The Morgan fingerprint density at radius 3 is 2.27 bits per heavy atom. The maximum atomic E-state index is 13.0. The van der Waals surface area contributed by atoms with Gasteiger partial charge in [0.05, 0.1) is 9.82 Å². The zero-order valence-electron chi connectivity index (χ0n) is 17.7. The summed E-state index contributed by atoms with van der Waals surface area (Å²) in [5, 5.41) is 11.8. The van der Waals surface area contributed by atoms with Gasteiger partial charge in [-0.2, -0.15) is 4.31 Å². The van der Waals surface area contributed by atoms with Crippen LogP contribution in [0.15, 0.2) is 23.1 Å². The molecule has 1 atom stereocenters. The highest BCUT2D eigenvalue weighted by molar-refractivity contribution is 7.89. The van der Waals surface area contributed by atoms with Crippen LogP contribution in [0.2, 0.25) is 0 Å². The van der Waals surface area contributed by atoms with E-state index in [0.29, 0.717) is 30.9 Å². The maximum Gasteiger partial charge on any atom is 0.293 e. The van der Waals surface area contributed by atoms with Crippen LogP contribution in [0.5, 0.6) is 0 Å². The molecule has 1 aromatic rings. The Balaban J connectivity index is 1.52. The van der Waals surface area contributed by atoms with E-state index in [1.54, 1.807) is 12.1 Å². The van der Waals surface area contributed by atoms with Gasteiger partial charge in [-0.15, -0.1) is 0 Å². The van der Waals surface area contributed by atoms with Gasteiger partial charge >= 0.3 is 0 Å². The van der Waals surface area contributed by atoms with E-state index in [1.165, 1.54) is 23.2 Å². The molecule has 4 rings (SSSR count). The lowest BCUT2D eigenvalue weighted by atomic mass is 10.0. The average molecular weight is 437 g/mol. The molecule has 0 saturated carbocycles. The Kier molecular flexibility index (Phi) is 6.31. The van der Waals surface area contributed by atoms with Gasteiger partial charge < -0.3 is 4.90 Å². The Hall–Kier alpha value is -1.71. The Labute approximate surface area is 179 Å². The van der Waals surface area contributed by atoms with E-state index in [0.717, 1.165) is 51.7 Å². The van der Waals surface area contributed by atoms with Crippen LogP contribution >= 0.6 is 0 Å². The molecule has 1 unspecified atom stereocenters. The molecule has 30 heavy (non-hydrogen) atoms. The largest absolute Gasteiger partial charge is 0.366 e. The summed E-state index contributed by atoms with van der Waals surface area (Å²) in [6, 6.07) is 5.59. The molecule has 3 fully saturated rings. The summed E-state index contributed by atoms with van der Waals surface area (Å²) >= 11 is 0. The molecule has 0 radical (unpaired) electrons. The van der Waals surface area contributed by atoms with Crippen molar-refractivity contribution in [1.82, 2.24) is 9.21 Å². The molecule has 3 aliphatic heterocycles. The van der Waals surface area contributed by atoms with Crippen LogP contribution in [0, 0.1) is 10.1 Å². The Bertz CT molecular complexity index is 877. The van der Waals surface area contributed by atoms with E-state index in [4.69, 9.17) is 0 Å². The predicted octanol–water partition coefficient (Wildman–Crippen LogP) is 3.22. The summed E-state index contributed by atoms with van der Waals surface area (Å²) in [7, 11) is -3.69. The first kappa shape index (κ1) is 21.5. The van der Waals surface area contributed by atoms with Gasteiger partial charge in [0, 0.05) is 44.3 Å². The molecule has 0 N–H and O–H groups in total. The van der Waals surface area contributed by atoms with Gasteiger partial charge in [-0.3, -0.25) is 15.0 Å². The molecule has 166 valence electrons. The fourth-order valence-electron chi connectivity index (χ4n) is 5.27. The summed E-state index contributed by atoms with van der Waals surface area (Å²) < 4.78 is 27.4. The summed E-state index contributed by atoms with van der Waals surface area (Å²) in [6.07, 6.45) is 7.16. The van der Waals surface area contributed by atoms with Gasteiger partial charge in [0.2, 0.25) is 10.0 Å². The Morgan fingerprint density at radius 1 is 0.967 bits per heavy atom. The molecular weight excluding hydrogens is 404 g/mol. The number of anilines is 1. The van der Waals surface area contributed by atoms with E-state index < -0.39 is 14.9 Å². The van der Waals surface area contributed by atoms with Crippen molar-refractivity contribution in [3.8, 4) is 0 Å². The first-order valence-electron chi connectivity index (χ1n) is 11.2. The molecule has 8 nitrogen and oxygen atoms in total. The monoisotopic (exact) mass is 436 g/mol. The summed E-state index contributed by atoms with van der Waals surface area (Å²) in [6.45, 7) is 5.92. The minimum absolute atomic E-state index is 0.0284.